The minimum absolute atomic E-state index is 0.253. The molecule has 22 heavy (non-hydrogen) atoms. The second-order valence-corrected chi connectivity index (χ2v) is 5.84. The van der Waals surface area contributed by atoms with E-state index < -0.39 is 0 Å². The van der Waals surface area contributed by atoms with Gasteiger partial charge in [-0.25, -0.2) is 5.43 Å². The standard InChI is InChI=1S/C17H14BrN3O/c1-11-14-9-13(18)7-8-15(14)20-16(11)17(22)21-19-10-12-5-3-2-4-6-12/h2-10,20H,1H3,(H,21,22)/b19-10-. The van der Waals surface area contributed by atoms with Gasteiger partial charge in [-0.2, -0.15) is 5.10 Å². The predicted octanol–water partition coefficient (Wildman–Crippen LogP) is 4.00. The Kier molecular flexibility index (Phi) is 4.06. The van der Waals surface area contributed by atoms with E-state index >= 15 is 0 Å². The number of fused-ring (bicyclic) bond motifs is 1. The summed E-state index contributed by atoms with van der Waals surface area (Å²) >= 11 is 3.44. The van der Waals surface area contributed by atoms with Crippen LogP contribution in [0.5, 0.6) is 0 Å². The van der Waals surface area contributed by atoms with Gasteiger partial charge in [-0.15, -0.1) is 0 Å². The molecular weight excluding hydrogens is 342 g/mol. The van der Waals surface area contributed by atoms with Crippen molar-refractivity contribution in [1.82, 2.24) is 10.4 Å². The van der Waals surface area contributed by atoms with Crippen molar-refractivity contribution in [1.29, 1.82) is 0 Å². The topological polar surface area (TPSA) is 57.2 Å². The van der Waals surface area contributed by atoms with Crippen LogP contribution in [0.4, 0.5) is 0 Å². The van der Waals surface area contributed by atoms with Gasteiger partial charge in [-0.3, -0.25) is 4.79 Å². The lowest BCUT2D eigenvalue weighted by molar-refractivity contribution is 0.0950. The van der Waals surface area contributed by atoms with Gasteiger partial charge in [0.2, 0.25) is 0 Å². The van der Waals surface area contributed by atoms with Crippen LogP contribution < -0.4 is 5.43 Å². The zero-order valence-corrected chi connectivity index (χ0v) is 13.5. The van der Waals surface area contributed by atoms with E-state index in [1.165, 1.54) is 0 Å². The summed E-state index contributed by atoms with van der Waals surface area (Å²) in [6.07, 6.45) is 1.62. The van der Waals surface area contributed by atoms with Crippen LogP contribution >= 0.6 is 15.9 Å². The molecular formula is C17H14BrN3O. The zero-order chi connectivity index (χ0) is 15.5. The smallest absolute Gasteiger partial charge is 0.288 e. The highest BCUT2D eigenvalue weighted by Gasteiger charge is 2.14. The SMILES string of the molecule is Cc1c(C(=O)N/N=C\c2ccccc2)[nH]c2ccc(Br)cc12. The fourth-order valence-corrected chi connectivity index (χ4v) is 2.65. The molecule has 0 unspecified atom stereocenters. The molecule has 110 valence electrons. The molecule has 1 heterocycles. The van der Waals surface area contributed by atoms with Gasteiger partial charge in [0.1, 0.15) is 5.69 Å². The molecule has 0 atom stereocenters. The van der Waals surface area contributed by atoms with Crippen LogP contribution in [0.25, 0.3) is 10.9 Å². The largest absolute Gasteiger partial charge is 0.350 e. The fourth-order valence-electron chi connectivity index (χ4n) is 2.29. The normalized spacial score (nSPS) is 11.2. The number of benzene rings is 2. The minimum atomic E-state index is -0.253. The van der Waals surface area contributed by atoms with Gasteiger partial charge in [-0.1, -0.05) is 46.3 Å². The molecule has 0 spiro atoms. The average Bonchev–Trinajstić information content (AvgIpc) is 2.85. The number of hydrogen-bond acceptors (Lipinski definition) is 2. The molecule has 0 saturated heterocycles. The summed E-state index contributed by atoms with van der Waals surface area (Å²) < 4.78 is 0.983. The van der Waals surface area contributed by atoms with Crippen molar-refractivity contribution in [2.75, 3.05) is 0 Å². The quantitative estimate of drug-likeness (QED) is 0.541. The lowest BCUT2D eigenvalue weighted by atomic mass is 10.1. The summed E-state index contributed by atoms with van der Waals surface area (Å²) in [6.45, 7) is 1.92. The number of aromatic nitrogens is 1. The Hall–Kier alpha value is -2.40. The van der Waals surface area contributed by atoms with Crippen LogP contribution in [-0.2, 0) is 0 Å². The van der Waals surface area contributed by atoms with Gasteiger partial charge < -0.3 is 4.98 Å². The van der Waals surface area contributed by atoms with Crippen molar-refractivity contribution in [3.63, 3.8) is 0 Å². The third-order valence-electron chi connectivity index (χ3n) is 3.43. The first-order valence-corrected chi connectivity index (χ1v) is 7.61. The van der Waals surface area contributed by atoms with Gasteiger partial charge in [0, 0.05) is 15.4 Å². The van der Waals surface area contributed by atoms with E-state index in [-0.39, 0.29) is 5.91 Å². The van der Waals surface area contributed by atoms with Crippen LogP contribution in [0.2, 0.25) is 0 Å². The number of carbonyl (C=O) groups excluding carboxylic acids is 1. The van der Waals surface area contributed by atoms with E-state index in [2.05, 4.69) is 31.4 Å². The molecule has 3 rings (SSSR count). The third-order valence-corrected chi connectivity index (χ3v) is 3.92. The number of halogens is 1. The second-order valence-electron chi connectivity index (χ2n) is 4.92. The zero-order valence-electron chi connectivity index (χ0n) is 11.9. The van der Waals surface area contributed by atoms with E-state index in [1.807, 2.05) is 55.5 Å². The van der Waals surface area contributed by atoms with Gasteiger partial charge in [0.15, 0.2) is 0 Å². The molecule has 0 bridgehead atoms. The molecule has 4 nitrogen and oxygen atoms in total. The van der Waals surface area contributed by atoms with Crippen molar-refractivity contribution in [2.45, 2.75) is 6.92 Å². The molecule has 0 fully saturated rings. The minimum Gasteiger partial charge on any atom is -0.350 e. The van der Waals surface area contributed by atoms with Crippen LogP contribution in [0.15, 0.2) is 58.1 Å². The number of hydrogen-bond donors (Lipinski definition) is 2. The van der Waals surface area contributed by atoms with Crippen LogP contribution in [0.3, 0.4) is 0 Å². The maximum Gasteiger partial charge on any atom is 0.288 e. The van der Waals surface area contributed by atoms with E-state index in [0.717, 1.165) is 26.5 Å². The van der Waals surface area contributed by atoms with Gasteiger partial charge >= 0.3 is 0 Å². The van der Waals surface area contributed by atoms with Crippen LogP contribution in [0.1, 0.15) is 21.6 Å². The number of carbonyl (C=O) groups is 1. The molecule has 5 heteroatoms. The summed E-state index contributed by atoms with van der Waals surface area (Å²) in [7, 11) is 0. The molecule has 0 aliphatic carbocycles. The highest BCUT2D eigenvalue weighted by Crippen LogP contribution is 2.25. The Bertz CT molecular complexity index is 853. The van der Waals surface area contributed by atoms with Gasteiger partial charge in [0.25, 0.3) is 5.91 Å². The number of aromatic amines is 1. The molecule has 0 aliphatic heterocycles. The molecule has 0 radical (unpaired) electrons. The molecule has 2 aromatic carbocycles. The number of nitrogens with zero attached hydrogens (tertiary/aromatic N) is 1. The summed E-state index contributed by atoms with van der Waals surface area (Å²) in [5, 5.41) is 5.01. The monoisotopic (exact) mass is 355 g/mol. The number of rotatable bonds is 3. The van der Waals surface area contributed by atoms with E-state index in [0.29, 0.717) is 5.69 Å². The fraction of sp³-hybridized carbons (Fsp3) is 0.0588. The van der Waals surface area contributed by atoms with Crippen LogP contribution in [0, 0.1) is 6.92 Å². The van der Waals surface area contributed by atoms with Crippen molar-refractivity contribution in [2.24, 2.45) is 5.10 Å². The van der Waals surface area contributed by atoms with Crippen molar-refractivity contribution in [3.05, 3.63) is 69.8 Å². The molecule has 1 amide bonds. The first-order chi connectivity index (χ1) is 10.6. The van der Waals surface area contributed by atoms with E-state index in [4.69, 9.17) is 0 Å². The molecule has 0 saturated carbocycles. The van der Waals surface area contributed by atoms with Crippen molar-refractivity contribution < 1.29 is 4.79 Å². The Labute approximate surface area is 136 Å². The first-order valence-electron chi connectivity index (χ1n) is 6.81. The predicted molar refractivity (Wildman–Crippen MR) is 92.2 cm³/mol. The highest BCUT2D eigenvalue weighted by molar-refractivity contribution is 9.10. The summed E-state index contributed by atoms with van der Waals surface area (Å²) in [6, 6.07) is 15.5. The lowest BCUT2D eigenvalue weighted by Gasteiger charge is -1.98. The van der Waals surface area contributed by atoms with E-state index in [9.17, 15) is 4.79 Å². The summed E-state index contributed by atoms with van der Waals surface area (Å²) in [5.41, 5.74) is 5.84. The molecule has 2 N–H and O–H groups in total. The Morgan fingerprint density at radius 3 is 2.77 bits per heavy atom. The molecule has 1 aromatic heterocycles. The number of nitrogens with one attached hydrogen (secondary N) is 2. The van der Waals surface area contributed by atoms with Gasteiger partial charge in [0.05, 0.1) is 6.21 Å². The van der Waals surface area contributed by atoms with Crippen LogP contribution in [-0.4, -0.2) is 17.1 Å². The van der Waals surface area contributed by atoms with Crippen molar-refractivity contribution >= 4 is 39.0 Å². The number of amides is 1. The van der Waals surface area contributed by atoms with Gasteiger partial charge in [-0.05, 0) is 36.2 Å². The summed E-state index contributed by atoms with van der Waals surface area (Å²) in [5.74, 6) is -0.253. The Morgan fingerprint density at radius 2 is 2.00 bits per heavy atom. The number of H-pyrrole nitrogens is 1. The summed E-state index contributed by atoms with van der Waals surface area (Å²) in [4.78, 5) is 15.4. The number of hydrazone groups is 1. The van der Waals surface area contributed by atoms with E-state index in [1.54, 1.807) is 6.21 Å². The maximum atomic E-state index is 12.2. The average molecular weight is 356 g/mol. The maximum absolute atomic E-state index is 12.2. The Balaban J connectivity index is 1.81. The first kappa shape index (κ1) is 14.5. The lowest BCUT2D eigenvalue weighted by Crippen LogP contribution is -2.18. The third kappa shape index (κ3) is 2.94. The second kappa shape index (κ2) is 6.15. The highest BCUT2D eigenvalue weighted by atomic mass is 79.9. The molecule has 0 aliphatic rings. The van der Waals surface area contributed by atoms with Crippen molar-refractivity contribution in [3.8, 4) is 0 Å². The molecule has 3 aromatic rings. The number of aryl methyl sites for hydroxylation is 1. The Morgan fingerprint density at radius 1 is 1.23 bits per heavy atom.